The Kier molecular flexibility index (Phi) is 4.36. The molecule has 1 aliphatic heterocycles. The first-order chi connectivity index (χ1) is 5.81. The first kappa shape index (κ1) is 12.9. The minimum Gasteiger partial charge on any atom is -0.400 e. The summed E-state index contributed by atoms with van der Waals surface area (Å²) in [5, 5.41) is 10.6. The summed E-state index contributed by atoms with van der Waals surface area (Å²) in [6, 6.07) is 0.362. The van der Waals surface area contributed by atoms with E-state index in [1.54, 1.807) is 0 Å². The SMILES string of the molecule is CC1(C)CC(N)CC(C)(C)N1.CO. The Morgan fingerprint density at radius 3 is 1.62 bits per heavy atom. The van der Waals surface area contributed by atoms with Gasteiger partial charge in [-0.1, -0.05) is 0 Å². The third-order valence-corrected chi connectivity index (χ3v) is 2.22. The standard InChI is InChI=1S/C9H20N2.CH4O/c1-8(2)5-7(10)6-9(3,4)11-8;1-2/h7,11H,5-6,10H2,1-4H3;2H,1H3. The summed E-state index contributed by atoms with van der Waals surface area (Å²) in [7, 11) is 1.00. The lowest BCUT2D eigenvalue weighted by Crippen LogP contribution is -2.60. The molecule has 0 saturated carbocycles. The molecule has 13 heavy (non-hydrogen) atoms. The average molecular weight is 188 g/mol. The van der Waals surface area contributed by atoms with E-state index >= 15 is 0 Å². The van der Waals surface area contributed by atoms with Gasteiger partial charge in [-0.25, -0.2) is 0 Å². The van der Waals surface area contributed by atoms with Gasteiger partial charge in [0.25, 0.3) is 0 Å². The Balaban J connectivity index is 0.000000671. The van der Waals surface area contributed by atoms with Crippen LogP contribution in [0.1, 0.15) is 40.5 Å². The zero-order valence-corrected chi connectivity index (χ0v) is 9.52. The normalized spacial score (nSPS) is 26.1. The average Bonchev–Trinajstić information content (AvgIpc) is 1.82. The van der Waals surface area contributed by atoms with Crippen molar-refractivity contribution in [3.05, 3.63) is 0 Å². The quantitative estimate of drug-likeness (QED) is 0.528. The van der Waals surface area contributed by atoms with Gasteiger partial charge < -0.3 is 16.2 Å². The largest absolute Gasteiger partial charge is 0.400 e. The van der Waals surface area contributed by atoms with E-state index in [4.69, 9.17) is 10.8 Å². The minimum absolute atomic E-state index is 0.209. The molecule has 4 N–H and O–H groups in total. The van der Waals surface area contributed by atoms with Crippen molar-refractivity contribution in [3.63, 3.8) is 0 Å². The summed E-state index contributed by atoms with van der Waals surface area (Å²) in [4.78, 5) is 0. The lowest BCUT2D eigenvalue weighted by molar-refractivity contribution is 0.163. The molecule has 80 valence electrons. The fraction of sp³-hybridized carbons (Fsp3) is 1.00. The number of piperidine rings is 1. The molecular formula is C10H24N2O. The molecule has 0 aromatic rings. The van der Waals surface area contributed by atoms with Crippen LogP contribution in [0.2, 0.25) is 0 Å². The maximum absolute atomic E-state index is 7.00. The third kappa shape index (κ3) is 4.60. The first-order valence-electron chi connectivity index (χ1n) is 4.80. The van der Waals surface area contributed by atoms with E-state index in [2.05, 4.69) is 33.0 Å². The van der Waals surface area contributed by atoms with Gasteiger partial charge in [0.15, 0.2) is 0 Å². The molecule has 0 aliphatic carbocycles. The molecule has 0 unspecified atom stereocenters. The molecule has 1 fully saturated rings. The maximum atomic E-state index is 7.00. The van der Waals surface area contributed by atoms with Crippen molar-refractivity contribution in [2.24, 2.45) is 5.73 Å². The van der Waals surface area contributed by atoms with Crippen molar-refractivity contribution in [2.75, 3.05) is 7.11 Å². The maximum Gasteiger partial charge on any atom is 0.0319 e. The van der Waals surface area contributed by atoms with Crippen LogP contribution >= 0.6 is 0 Å². The fourth-order valence-corrected chi connectivity index (χ4v) is 2.40. The van der Waals surface area contributed by atoms with E-state index in [9.17, 15) is 0 Å². The molecule has 3 heteroatoms. The van der Waals surface area contributed by atoms with E-state index in [0.717, 1.165) is 20.0 Å². The molecule has 0 aromatic heterocycles. The van der Waals surface area contributed by atoms with Gasteiger partial charge in [-0.3, -0.25) is 0 Å². The van der Waals surface area contributed by atoms with Gasteiger partial charge >= 0.3 is 0 Å². The van der Waals surface area contributed by atoms with Gasteiger partial charge in [-0.15, -0.1) is 0 Å². The molecule has 0 amide bonds. The molecule has 0 atom stereocenters. The van der Waals surface area contributed by atoms with Gasteiger partial charge in [0.05, 0.1) is 0 Å². The minimum atomic E-state index is 0.209. The number of aliphatic hydroxyl groups excluding tert-OH is 1. The van der Waals surface area contributed by atoms with Crippen molar-refractivity contribution in [3.8, 4) is 0 Å². The first-order valence-corrected chi connectivity index (χ1v) is 4.80. The van der Waals surface area contributed by atoms with Crippen LogP contribution in [0.5, 0.6) is 0 Å². The van der Waals surface area contributed by atoms with E-state index in [1.165, 1.54) is 0 Å². The third-order valence-electron chi connectivity index (χ3n) is 2.22. The van der Waals surface area contributed by atoms with Crippen LogP contribution in [-0.4, -0.2) is 29.3 Å². The molecule has 3 nitrogen and oxygen atoms in total. The highest BCUT2D eigenvalue weighted by Gasteiger charge is 2.35. The van der Waals surface area contributed by atoms with Crippen LogP contribution in [0.3, 0.4) is 0 Å². The van der Waals surface area contributed by atoms with E-state index in [-0.39, 0.29) is 11.1 Å². The molecule has 0 bridgehead atoms. The Hall–Kier alpha value is -0.120. The van der Waals surface area contributed by atoms with Crippen molar-refractivity contribution in [2.45, 2.75) is 57.7 Å². The molecule has 0 spiro atoms. The number of nitrogens with two attached hydrogens (primary N) is 1. The second-order valence-electron chi connectivity index (χ2n) is 5.06. The van der Waals surface area contributed by atoms with Gasteiger partial charge in [0, 0.05) is 24.2 Å². The Labute approximate surface area is 81.7 Å². The number of hydrogen-bond acceptors (Lipinski definition) is 3. The summed E-state index contributed by atoms with van der Waals surface area (Å²) in [5.41, 5.74) is 6.36. The zero-order valence-electron chi connectivity index (χ0n) is 9.52. The van der Waals surface area contributed by atoms with Crippen LogP contribution in [-0.2, 0) is 0 Å². The molecule has 1 aliphatic rings. The van der Waals surface area contributed by atoms with Gasteiger partial charge in [0.1, 0.15) is 0 Å². The number of nitrogens with one attached hydrogen (secondary N) is 1. The molecule has 1 saturated heterocycles. The summed E-state index contributed by atoms with van der Waals surface area (Å²) in [5.74, 6) is 0. The summed E-state index contributed by atoms with van der Waals surface area (Å²) in [6.07, 6.45) is 2.16. The van der Waals surface area contributed by atoms with E-state index < -0.39 is 0 Å². The van der Waals surface area contributed by atoms with Gasteiger partial charge in [-0.2, -0.15) is 0 Å². The number of rotatable bonds is 0. The smallest absolute Gasteiger partial charge is 0.0319 e. The highest BCUT2D eigenvalue weighted by Crippen LogP contribution is 2.26. The van der Waals surface area contributed by atoms with Crippen LogP contribution in [0.4, 0.5) is 0 Å². The van der Waals surface area contributed by atoms with E-state index in [0.29, 0.717) is 6.04 Å². The molecule has 0 aromatic carbocycles. The molecular weight excluding hydrogens is 164 g/mol. The lowest BCUT2D eigenvalue weighted by Gasteiger charge is -2.45. The molecule has 1 heterocycles. The fourth-order valence-electron chi connectivity index (χ4n) is 2.40. The Bertz CT molecular complexity index is 139. The number of hydrogen-bond donors (Lipinski definition) is 3. The summed E-state index contributed by atoms with van der Waals surface area (Å²) >= 11 is 0. The molecule has 1 rings (SSSR count). The Morgan fingerprint density at radius 2 is 1.38 bits per heavy atom. The van der Waals surface area contributed by atoms with Gasteiger partial charge in [0.2, 0.25) is 0 Å². The predicted octanol–water partition coefficient (Wildman–Crippen LogP) is 0.863. The Morgan fingerprint density at radius 1 is 1.08 bits per heavy atom. The second kappa shape index (κ2) is 4.40. The van der Waals surface area contributed by atoms with Crippen molar-refractivity contribution >= 4 is 0 Å². The van der Waals surface area contributed by atoms with Crippen molar-refractivity contribution in [1.29, 1.82) is 0 Å². The summed E-state index contributed by atoms with van der Waals surface area (Å²) < 4.78 is 0. The van der Waals surface area contributed by atoms with Crippen LogP contribution in [0.15, 0.2) is 0 Å². The van der Waals surface area contributed by atoms with E-state index in [1.807, 2.05) is 0 Å². The summed E-state index contributed by atoms with van der Waals surface area (Å²) in [6.45, 7) is 8.86. The van der Waals surface area contributed by atoms with Crippen molar-refractivity contribution in [1.82, 2.24) is 5.32 Å². The van der Waals surface area contributed by atoms with Crippen LogP contribution < -0.4 is 11.1 Å². The predicted molar refractivity (Wildman–Crippen MR) is 56.6 cm³/mol. The molecule has 0 radical (unpaired) electrons. The van der Waals surface area contributed by atoms with Crippen LogP contribution in [0, 0.1) is 0 Å². The van der Waals surface area contributed by atoms with Crippen LogP contribution in [0.25, 0.3) is 0 Å². The van der Waals surface area contributed by atoms with Gasteiger partial charge in [-0.05, 0) is 40.5 Å². The monoisotopic (exact) mass is 188 g/mol. The second-order valence-corrected chi connectivity index (χ2v) is 5.06. The zero-order chi connectivity index (χ0) is 10.7. The number of aliphatic hydroxyl groups is 1. The van der Waals surface area contributed by atoms with Crippen molar-refractivity contribution < 1.29 is 5.11 Å². The highest BCUT2D eigenvalue weighted by atomic mass is 16.2. The topological polar surface area (TPSA) is 58.3 Å². The lowest BCUT2D eigenvalue weighted by atomic mass is 9.80. The highest BCUT2D eigenvalue weighted by molar-refractivity contribution is 4.98.